The molecule has 0 radical (unpaired) electrons. The van der Waals surface area contributed by atoms with E-state index >= 15 is 0 Å². The first-order chi connectivity index (χ1) is 5.10. The summed E-state index contributed by atoms with van der Waals surface area (Å²) in [6, 6.07) is 0. The molecule has 0 bridgehead atoms. The molecule has 0 saturated carbocycles. The van der Waals surface area contributed by atoms with E-state index in [1.54, 1.807) is 0 Å². The number of rotatable bonds is 2. The van der Waals surface area contributed by atoms with E-state index in [9.17, 15) is 35.1 Å². The maximum atomic E-state index is 11.7. The molecule has 0 spiro atoms. The standard InChI is InChI=1S/C3H2F6O2S.Li/c4-1(2(5,6)7)3(8,9)12(10)11;/h1H,(H,10,11);/q;+1/p-1. The smallest absolute Gasteiger partial charge is 0.768 e. The molecule has 0 amide bonds. The molecule has 74 valence electrons. The van der Waals surface area contributed by atoms with Gasteiger partial charge in [0.2, 0.25) is 0 Å². The molecule has 0 aliphatic heterocycles. The molecule has 2 unspecified atom stereocenters. The van der Waals surface area contributed by atoms with Gasteiger partial charge in [0, 0.05) is 11.1 Å². The molecule has 0 aromatic carbocycles. The molecule has 0 aromatic heterocycles. The van der Waals surface area contributed by atoms with Crippen molar-refractivity contribution in [3.63, 3.8) is 0 Å². The van der Waals surface area contributed by atoms with Gasteiger partial charge in [0.1, 0.15) is 0 Å². The van der Waals surface area contributed by atoms with Gasteiger partial charge in [0.15, 0.2) is 0 Å². The molecular formula is C3HF6LiO2S. The van der Waals surface area contributed by atoms with E-state index < -0.39 is 28.7 Å². The summed E-state index contributed by atoms with van der Waals surface area (Å²) in [5.41, 5.74) is 0. The fraction of sp³-hybridized carbons (Fsp3) is 1.00. The van der Waals surface area contributed by atoms with Crippen molar-refractivity contribution < 1.29 is 54.0 Å². The van der Waals surface area contributed by atoms with Gasteiger partial charge in [-0.15, -0.1) is 0 Å². The average Bonchev–Trinajstić information content (AvgIpc) is 1.83. The van der Waals surface area contributed by atoms with Crippen molar-refractivity contribution in [2.45, 2.75) is 17.6 Å². The molecule has 0 heterocycles. The van der Waals surface area contributed by atoms with Crippen LogP contribution in [-0.2, 0) is 11.1 Å². The SMILES string of the molecule is O=S([O-])C(F)(F)C(F)C(F)(F)F.[Li+]. The van der Waals surface area contributed by atoms with Gasteiger partial charge >= 0.3 is 30.3 Å². The van der Waals surface area contributed by atoms with Gasteiger partial charge in [0.05, 0.1) is 0 Å². The molecular weight excluding hydrogens is 221 g/mol. The van der Waals surface area contributed by atoms with E-state index in [1.807, 2.05) is 0 Å². The van der Waals surface area contributed by atoms with E-state index in [1.165, 1.54) is 0 Å². The minimum Gasteiger partial charge on any atom is -0.768 e. The van der Waals surface area contributed by atoms with Crippen molar-refractivity contribution in [3.8, 4) is 0 Å². The molecule has 0 rings (SSSR count). The second-order valence-electron chi connectivity index (χ2n) is 1.70. The average molecular weight is 222 g/mol. The topological polar surface area (TPSA) is 40.1 Å². The Balaban J connectivity index is 0. The molecule has 10 heteroatoms. The van der Waals surface area contributed by atoms with Crippen molar-refractivity contribution >= 4 is 11.1 Å². The molecule has 0 fully saturated rings. The zero-order chi connectivity index (χ0) is 10.2. The first-order valence-electron chi connectivity index (χ1n) is 2.28. The van der Waals surface area contributed by atoms with Crippen LogP contribution in [0.1, 0.15) is 0 Å². The molecule has 2 nitrogen and oxygen atoms in total. The molecule has 2 atom stereocenters. The van der Waals surface area contributed by atoms with E-state index in [4.69, 9.17) is 0 Å². The Hall–Kier alpha value is 0.287. The van der Waals surface area contributed by atoms with Crippen LogP contribution < -0.4 is 18.9 Å². The fourth-order valence-corrected chi connectivity index (χ4v) is 0.578. The predicted octanol–water partition coefficient (Wildman–Crippen LogP) is -1.64. The van der Waals surface area contributed by atoms with Crippen molar-refractivity contribution in [2.24, 2.45) is 0 Å². The van der Waals surface area contributed by atoms with Gasteiger partial charge in [-0.2, -0.15) is 22.0 Å². The number of hydrogen-bond acceptors (Lipinski definition) is 2. The van der Waals surface area contributed by atoms with Gasteiger partial charge in [-0.3, -0.25) is 4.21 Å². The third-order valence-corrected chi connectivity index (χ3v) is 1.46. The number of halogens is 6. The summed E-state index contributed by atoms with van der Waals surface area (Å²) in [6.45, 7) is 0. The molecule has 0 N–H and O–H groups in total. The van der Waals surface area contributed by atoms with Gasteiger partial charge in [-0.25, -0.2) is 4.39 Å². The second-order valence-corrected chi connectivity index (χ2v) is 2.71. The van der Waals surface area contributed by atoms with E-state index in [2.05, 4.69) is 0 Å². The Bertz CT molecular complexity index is 193. The first kappa shape index (κ1) is 15.7. The Labute approximate surface area is 83.1 Å². The van der Waals surface area contributed by atoms with Crippen molar-refractivity contribution in [3.05, 3.63) is 0 Å². The molecule has 0 aliphatic rings. The van der Waals surface area contributed by atoms with Crippen LogP contribution in [0, 0.1) is 0 Å². The van der Waals surface area contributed by atoms with Gasteiger partial charge in [0.25, 0.3) is 6.17 Å². The normalized spacial score (nSPS) is 17.5. The van der Waals surface area contributed by atoms with Gasteiger partial charge in [-0.05, 0) is 0 Å². The maximum absolute atomic E-state index is 11.7. The van der Waals surface area contributed by atoms with Crippen molar-refractivity contribution in [1.29, 1.82) is 0 Å². The summed E-state index contributed by atoms with van der Waals surface area (Å²) in [5, 5.41) is -5.43. The van der Waals surface area contributed by atoms with Gasteiger partial charge in [-0.1, -0.05) is 0 Å². The second kappa shape index (κ2) is 4.68. The summed E-state index contributed by atoms with van der Waals surface area (Å²) in [5.74, 6) is 0. The minimum absolute atomic E-state index is 0. The Kier molecular flexibility index (Phi) is 5.67. The molecule has 13 heavy (non-hydrogen) atoms. The van der Waals surface area contributed by atoms with E-state index in [-0.39, 0.29) is 18.9 Å². The van der Waals surface area contributed by atoms with Crippen molar-refractivity contribution in [2.75, 3.05) is 0 Å². The van der Waals surface area contributed by atoms with Crippen LogP contribution in [-0.4, -0.2) is 26.4 Å². The van der Waals surface area contributed by atoms with Crippen LogP contribution >= 0.6 is 0 Å². The molecule has 0 aromatic rings. The molecule has 0 saturated heterocycles. The van der Waals surface area contributed by atoms with Gasteiger partial charge < -0.3 is 4.55 Å². The third-order valence-electron chi connectivity index (χ3n) is 0.805. The van der Waals surface area contributed by atoms with E-state index in [0.29, 0.717) is 0 Å². The summed E-state index contributed by atoms with van der Waals surface area (Å²) in [4.78, 5) is 0. The van der Waals surface area contributed by atoms with Crippen LogP contribution in [0.15, 0.2) is 0 Å². The van der Waals surface area contributed by atoms with Crippen LogP contribution in [0.5, 0.6) is 0 Å². The molecule has 0 aliphatic carbocycles. The Morgan fingerprint density at radius 3 is 1.54 bits per heavy atom. The van der Waals surface area contributed by atoms with Crippen LogP contribution in [0.3, 0.4) is 0 Å². The summed E-state index contributed by atoms with van der Waals surface area (Å²) in [6.07, 6.45) is -10.6. The first-order valence-corrected chi connectivity index (χ1v) is 3.35. The Morgan fingerprint density at radius 1 is 1.15 bits per heavy atom. The number of alkyl halides is 6. The summed E-state index contributed by atoms with van der Waals surface area (Å²) < 4.78 is 87.5. The zero-order valence-electron chi connectivity index (χ0n) is 6.07. The number of hydrogen-bond donors (Lipinski definition) is 0. The monoisotopic (exact) mass is 222 g/mol. The van der Waals surface area contributed by atoms with Crippen LogP contribution in [0.2, 0.25) is 0 Å². The predicted molar refractivity (Wildman–Crippen MR) is 24.8 cm³/mol. The van der Waals surface area contributed by atoms with Crippen LogP contribution in [0.4, 0.5) is 26.3 Å². The maximum Gasteiger partial charge on any atom is 1.00 e. The fourth-order valence-electron chi connectivity index (χ4n) is 0.275. The quantitative estimate of drug-likeness (QED) is 0.319. The summed E-state index contributed by atoms with van der Waals surface area (Å²) >= 11 is -4.43. The minimum atomic E-state index is -5.89. The van der Waals surface area contributed by atoms with E-state index in [0.717, 1.165) is 0 Å². The van der Waals surface area contributed by atoms with Crippen molar-refractivity contribution in [1.82, 2.24) is 0 Å². The third kappa shape index (κ3) is 3.89. The van der Waals surface area contributed by atoms with Crippen LogP contribution in [0.25, 0.3) is 0 Å². The Morgan fingerprint density at radius 2 is 1.46 bits per heavy atom. The summed E-state index contributed by atoms with van der Waals surface area (Å²) in [7, 11) is 0. The largest absolute Gasteiger partial charge is 1.00 e. The zero-order valence-corrected chi connectivity index (χ0v) is 6.89.